The molecule has 0 aromatic carbocycles. The monoisotopic (exact) mass is 182 g/mol. The molecule has 2 aliphatic heterocycles. The highest BCUT2D eigenvalue weighted by Crippen LogP contribution is 2.26. The number of hydrogen-bond acceptors (Lipinski definition) is 2. The van der Waals surface area contributed by atoms with E-state index in [0.29, 0.717) is 18.0 Å². The number of likely N-dealkylation sites (tertiary alicyclic amines) is 1. The Kier molecular flexibility index (Phi) is 2.28. The molecular formula is C10H18N2O. The minimum absolute atomic E-state index is 0.274. The van der Waals surface area contributed by atoms with E-state index in [2.05, 4.69) is 19.2 Å². The van der Waals surface area contributed by atoms with Crippen LogP contribution in [-0.2, 0) is 4.79 Å². The minimum Gasteiger partial charge on any atom is -0.340 e. The first-order chi connectivity index (χ1) is 6.20. The van der Waals surface area contributed by atoms with E-state index in [4.69, 9.17) is 0 Å². The van der Waals surface area contributed by atoms with Crippen molar-refractivity contribution < 1.29 is 4.79 Å². The van der Waals surface area contributed by atoms with Crippen LogP contribution in [0.1, 0.15) is 26.7 Å². The van der Waals surface area contributed by atoms with Gasteiger partial charge >= 0.3 is 0 Å². The fraction of sp³-hybridized carbons (Fsp3) is 0.900. The fourth-order valence-corrected chi connectivity index (χ4v) is 2.48. The van der Waals surface area contributed by atoms with Crippen LogP contribution in [0, 0.1) is 5.92 Å². The van der Waals surface area contributed by atoms with E-state index < -0.39 is 0 Å². The highest BCUT2D eigenvalue weighted by Gasteiger charge is 2.39. The van der Waals surface area contributed by atoms with Crippen molar-refractivity contribution in [2.24, 2.45) is 5.92 Å². The Morgan fingerprint density at radius 2 is 2.23 bits per heavy atom. The van der Waals surface area contributed by atoms with Crippen molar-refractivity contribution in [3.8, 4) is 0 Å². The summed E-state index contributed by atoms with van der Waals surface area (Å²) in [4.78, 5) is 14.0. The second-order valence-corrected chi connectivity index (χ2v) is 4.37. The number of nitrogens with zero attached hydrogens (tertiary/aromatic N) is 1. The number of fused-ring (bicyclic) bond motifs is 1. The Morgan fingerprint density at radius 3 is 2.92 bits per heavy atom. The number of piperidine rings is 1. The predicted octanol–water partition coefficient (Wildman–Crippen LogP) is 0.605. The maximum Gasteiger partial charge on any atom is 0.227 e. The molecule has 1 amide bonds. The maximum absolute atomic E-state index is 11.9. The molecule has 3 nitrogen and oxygen atoms in total. The molecule has 0 radical (unpaired) electrons. The highest BCUT2D eigenvalue weighted by molar-refractivity contribution is 5.81. The third-order valence-electron chi connectivity index (χ3n) is 3.25. The lowest BCUT2D eigenvalue weighted by atomic mass is 9.91. The van der Waals surface area contributed by atoms with Crippen molar-refractivity contribution in [1.82, 2.24) is 10.2 Å². The third kappa shape index (κ3) is 1.46. The van der Waals surface area contributed by atoms with Gasteiger partial charge in [-0.05, 0) is 33.2 Å². The van der Waals surface area contributed by atoms with E-state index in [9.17, 15) is 4.79 Å². The molecule has 2 heterocycles. The van der Waals surface area contributed by atoms with Gasteiger partial charge in [0.1, 0.15) is 0 Å². The summed E-state index contributed by atoms with van der Waals surface area (Å²) in [5, 5.41) is 3.40. The zero-order valence-electron chi connectivity index (χ0n) is 8.42. The number of carbonyl (C=O) groups is 1. The molecule has 0 aromatic rings. The van der Waals surface area contributed by atoms with Gasteiger partial charge < -0.3 is 10.2 Å². The van der Waals surface area contributed by atoms with Gasteiger partial charge in [-0.1, -0.05) is 0 Å². The number of carbonyl (C=O) groups excluding carboxylic acids is 1. The van der Waals surface area contributed by atoms with Crippen molar-refractivity contribution >= 4 is 5.91 Å². The summed E-state index contributed by atoms with van der Waals surface area (Å²) >= 11 is 0. The fourth-order valence-electron chi connectivity index (χ4n) is 2.48. The molecule has 0 spiro atoms. The molecule has 2 fully saturated rings. The molecule has 2 atom stereocenters. The van der Waals surface area contributed by atoms with Gasteiger partial charge in [0.05, 0.1) is 5.92 Å². The number of rotatable bonds is 1. The molecule has 2 saturated heterocycles. The molecule has 0 aliphatic carbocycles. The third-order valence-corrected chi connectivity index (χ3v) is 3.25. The van der Waals surface area contributed by atoms with Gasteiger partial charge in [-0.15, -0.1) is 0 Å². The summed E-state index contributed by atoms with van der Waals surface area (Å²) < 4.78 is 0. The molecule has 13 heavy (non-hydrogen) atoms. The van der Waals surface area contributed by atoms with Gasteiger partial charge in [0, 0.05) is 18.6 Å². The number of hydrogen-bond donors (Lipinski definition) is 1. The molecular weight excluding hydrogens is 164 g/mol. The minimum atomic E-state index is 0.274. The molecule has 3 heteroatoms. The second kappa shape index (κ2) is 3.29. The molecule has 2 unspecified atom stereocenters. The topological polar surface area (TPSA) is 32.3 Å². The van der Waals surface area contributed by atoms with Crippen molar-refractivity contribution in [3.05, 3.63) is 0 Å². The summed E-state index contributed by atoms with van der Waals surface area (Å²) in [6, 6.07) is 0.844. The van der Waals surface area contributed by atoms with Crippen molar-refractivity contribution in [1.29, 1.82) is 0 Å². The van der Waals surface area contributed by atoms with Crippen LogP contribution in [0.5, 0.6) is 0 Å². The van der Waals surface area contributed by atoms with E-state index in [1.165, 1.54) is 0 Å². The number of nitrogens with one attached hydrogen (secondary N) is 1. The van der Waals surface area contributed by atoms with Gasteiger partial charge in [0.2, 0.25) is 5.91 Å². The van der Waals surface area contributed by atoms with Crippen molar-refractivity contribution in [3.63, 3.8) is 0 Å². The second-order valence-electron chi connectivity index (χ2n) is 4.37. The van der Waals surface area contributed by atoms with Crippen LogP contribution >= 0.6 is 0 Å². The molecule has 0 aromatic heterocycles. The van der Waals surface area contributed by atoms with Gasteiger partial charge in [-0.3, -0.25) is 4.79 Å². The summed E-state index contributed by atoms with van der Waals surface area (Å²) in [5.74, 6) is 0.646. The molecule has 1 N–H and O–H groups in total. The Labute approximate surface area is 79.5 Å². The van der Waals surface area contributed by atoms with Gasteiger partial charge in [-0.2, -0.15) is 0 Å². The summed E-state index contributed by atoms with van der Waals surface area (Å²) in [7, 11) is 0. The highest BCUT2D eigenvalue weighted by atomic mass is 16.2. The van der Waals surface area contributed by atoms with Gasteiger partial charge in [-0.25, -0.2) is 0 Å². The van der Waals surface area contributed by atoms with Crippen LogP contribution in [0.4, 0.5) is 0 Å². The van der Waals surface area contributed by atoms with Crippen LogP contribution < -0.4 is 5.32 Å². The molecule has 2 rings (SSSR count). The van der Waals surface area contributed by atoms with E-state index in [1.54, 1.807) is 0 Å². The lowest BCUT2D eigenvalue weighted by Gasteiger charge is -2.36. The maximum atomic E-state index is 11.9. The van der Waals surface area contributed by atoms with Crippen LogP contribution in [0.25, 0.3) is 0 Å². The summed E-state index contributed by atoms with van der Waals surface area (Å²) in [6.45, 7) is 6.15. The van der Waals surface area contributed by atoms with Crippen LogP contribution in [0.15, 0.2) is 0 Å². The SMILES string of the molecule is CC(C)N1CCC2NCCC2C1=O. The zero-order valence-corrected chi connectivity index (χ0v) is 8.42. The first-order valence-corrected chi connectivity index (χ1v) is 5.24. The normalized spacial score (nSPS) is 34.1. The van der Waals surface area contributed by atoms with E-state index in [1.807, 2.05) is 4.90 Å². The van der Waals surface area contributed by atoms with Crippen molar-refractivity contribution in [2.45, 2.75) is 38.8 Å². The summed E-state index contributed by atoms with van der Waals surface area (Å²) in [5.41, 5.74) is 0. The Balaban J connectivity index is 2.09. The first kappa shape index (κ1) is 9.00. The van der Waals surface area contributed by atoms with Crippen LogP contribution in [0.3, 0.4) is 0 Å². The lowest BCUT2D eigenvalue weighted by molar-refractivity contribution is -0.140. The quantitative estimate of drug-likeness (QED) is 0.644. The number of amides is 1. The molecule has 0 saturated carbocycles. The van der Waals surface area contributed by atoms with E-state index in [0.717, 1.165) is 25.9 Å². The van der Waals surface area contributed by atoms with Crippen LogP contribution in [0.2, 0.25) is 0 Å². The standard InChI is InChI=1S/C10H18N2O/c1-7(2)12-6-4-9-8(10(12)13)3-5-11-9/h7-9,11H,3-6H2,1-2H3. The zero-order chi connectivity index (χ0) is 9.42. The Bertz CT molecular complexity index is 211. The van der Waals surface area contributed by atoms with Gasteiger partial charge in [0.25, 0.3) is 0 Å². The largest absolute Gasteiger partial charge is 0.340 e. The predicted molar refractivity (Wildman–Crippen MR) is 51.4 cm³/mol. The van der Waals surface area contributed by atoms with Gasteiger partial charge in [0.15, 0.2) is 0 Å². The summed E-state index contributed by atoms with van der Waals surface area (Å²) in [6.07, 6.45) is 2.17. The molecule has 2 aliphatic rings. The van der Waals surface area contributed by atoms with E-state index >= 15 is 0 Å². The van der Waals surface area contributed by atoms with E-state index in [-0.39, 0.29) is 5.92 Å². The average Bonchev–Trinajstić information content (AvgIpc) is 2.52. The first-order valence-electron chi connectivity index (χ1n) is 5.24. The Morgan fingerprint density at radius 1 is 1.46 bits per heavy atom. The van der Waals surface area contributed by atoms with Crippen LogP contribution in [-0.4, -0.2) is 36.0 Å². The average molecular weight is 182 g/mol. The Hall–Kier alpha value is -0.570. The lowest BCUT2D eigenvalue weighted by Crippen LogP contribution is -2.51. The van der Waals surface area contributed by atoms with Crippen molar-refractivity contribution in [2.75, 3.05) is 13.1 Å². The molecule has 0 bridgehead atoms. The molecule has 74 valence electrons. The smallest absolute Gasteiger partial charge is 0.227 e.